The van der Waals surface area contributed by atoms with Gasteiger partial charge in [0.15, 0.2) is 23.1 Å². The lowest BCUT2D eigenvalue weighted by Gasteiger charge is -2.29. The highest BCUT2D eigenvalue weighted by atomic mass is 16.5. The minimum absolute atomic E-state index is 0.0628. The number of likely N-dealkylation sites (N-methyl/N-ethyl adjacent to an activating group) is 1. The van der Waals surface area contributed by atoms with E-state index in [2.05, 4.69) is 31.2 Å². The number of aryl methyl sites for hydroxylation is 1. The minimum Gasteiger partial charge on any atom is -0.390 e. The third-order valence-electron chi connectivity index (χ3n) is 7.27. The molecule has 0 unspecified atom stereocenters. The van der Waals surface area contributed by atoms with E-state index in [-0.39, 0.29) is 24.4 Å². The Morgan fingerprint density at radius 1 is 1.15 bits per heavy atom. The normalized spacial score (nSPS) is 24.6. The van der Waals surface area contributed by atoms with E-state index in [0.717, 1.165) is 31.4 Å². The Bertz CT molecular complexity index is 1330. The number of anilines is 2. The number of urea groups is 1. The Hall–Kier alpha value is -3.98. The summed E-state index contributed by atoms with van der Waals surface area (Å²) in [6, 6.07) is -0.315. The van der Waals surface area contributed by atoms with Crippen LogP contribution in [0.15, 0.2) is 18.9 Å². The number of aromatic nitrogens is 6. The van der Waals surface area contributed by atoms with Gasteiger partial charge in [0.2, 0.25) is 5.95 Å². The van der Waals surface area contributed by atoms with Gasteiger partial charge in [0.05, 0.1) is 24.5 Å². The van der Waals surface area contributed by atoms with Crippen molar-refractivity contribution >= 4 is 34.9 Å². The van der Waals surface area contributed by atoms with Crippen molar-refractivity contribution in [2.45, 2.75) is 76.0 Å². The second kappa shape index (κ2) is 12.0. The van der Waals surface area contributed by atoms with Gasteiger partial charge >= 0.3 is 6.03 Å². The Balaban J connectivity index is 1.37. The number of carbonyl (C=O) groups excluding carboxylic acids is 2. The van der Waals surface area contributed by atoms with Crippen molar-refractivity contribution in [3.63, 3.8) is 0 Å². The lowest BCUT2D eigenvalue weighted by molar-refractivity contribution is -0.137. The van der Waals surface area contributed by atoms with Crippen LogP contribution in [0.5, 0.6) is 0 Å². The Kier molecular flexibility index (Phi) is 8.30. The van der Waals surface area contributed by atoms with E-state index in [9.17, 15) is 14.7 Å². The molecule has 2 aliphatic rings. The predicted molar refractivity (Wildman–Crippen MR) is 146 cm³/mol. The number of rotatable bonds is 10. The molecule has 40 heavy (non-hydrogen) atoms. The van der Waals surface area contributed by atoms with Crippen molar-refractivity contribution in [2.75, 3.05) is 23.7 Å². The Morgan fingerprint density at radius 2 is 1.93 bits per heavy atom. The van der Waals surface area contributed by atoms with Crippen LogP contribution in [0, 0.1) is 0 Å². The summed E-state index contributed by atoms with van der Waals surface area (Å²) in [4.78, 5) is 42.0. The van der Waals surface area contributed by atoms with Crippen molar-refractivity contribution in [1.82, 2.24) is 39.7 Å². The monoisotopic (exact) mass is 555 g/mol. The van der Waals surface area contributed by atoms with Gasteiger partial charge < -0.3 is 41.4 Å². The molecule has 1 aliphatic heterocycles. The molecular weight excluding hydrogens is 518 g/mol. The second-order valence-corrected chi connectivity index (χ2v) is 10.3. The first kappa shape index (κ1) is 27.6. The van der Waals surface area contributed by atoms with Gasteiger partial charge in [-0.15, -0.1) is 0 Å². The molecule has 216 valence electrons. The highest BCUT2D eigenvalue weighted by Crippen LogP contribution is 2.33. The second-order valence-electron chi connectivity index (χ2n) is 10.3. The van der Waals surface area contributed by atoms with E-state index < -0.39 is 24.5 Å². The van der Waals surface area contributed by atoms with E-state index in [1.165, 1.54) is 0 Å². The van der Waals surface area contributed by atoms with Crippen molar-refractivity contribution in [1.29, 1.82) is 0 Å². The van der Waals surface area contributed by atoms with Crippen molar-refractivity contribution in [3.05, 3.63) is 24.5 Å². The van der Waals surface area contributed by atoms with E-state index >= 15 is 0 Å². The molecule has 15 nitrogen and oxygen atoms in total. The first-order chi connectivity index (χ1) is 19.3. The zero-order valence-corrected chi connectivity index (χ0v) is 22.7. The summed E-state index contributed by atoms with van der Waals surface area (Å²) in [5.74, 6) is 0.641. The zero-order chi connectivity index (χ0) is 28.2. The molecule has 1 saturated carbocycles. The molecule has 3 amide bonds. The number of nitrogens with zero attached hydrogens (tertiary/aromatic N) is 6. The number of imidazole rings is 2. The maximum Gasteiger partial charge on any atom is 0.312 e. The number of amides is 3. The van der Waals surface area contributed by atoms with Crippen LogP contribution >= 0.6 is 0 Å². The molecule has 3 aromatic rings. The molecule has 0 aromatic carbocycles. The topological polar surface area (TPSA) is 199 Å². The average molecular weight is 556 g/mol. The molecule has 3 aromatic heterocycles. The minimum atomic E-state index is -0.970. The molecule has 4 heterocycles. The molecule has 0 spiro atoms. The van der Waals surface area contributed by atoms with Gasteiger partial charge in [0.1, 0.15) is 6.23 Å². The number of nitrogens with two attached hydrogens (primary N) is 1. The molecule has 15 heteroatoms. The van der Waals surface area contributed by atoms with E-state index in [4.69, 9.17) is 20.4 Å². The first-order valence-corrected chi connectivity index (χ1v) is 13.7. The summed E-state index contributed by atoms with van der Waals surface area (Å²) >= 11 is 0. The number of aliphatic hydroxyl groups excluding tert-OH is 1. The molecule has 7 N–H and O–H groups in total. The smallest absolute Gasteiger partial charge is 0.312 e. The van der Waals surface area contributed by atoms with Gasteiger partial charge in [-0.2, -0.15) is 9.97 Å². The lowest BCUT2D eigenvalue weighted by Crippen LogP contribution is -2.42. The van der Waals surface area contributed by atoms with Gasteiger partial charge in [-0.25, -0.2) is 14.8 Å². The van der Waals surface area contributed by atoms with Crippen LogP contribution in [0.4, 0.5) is 16.6 Å². The van der Waals surface area contributed by atoms with Crippen molar-refractivity contribution in [2.24, 2.45) is 12.8 Å². The number of ether oxygens (including phenoxy) is 1. The van der Waals surface area contributed by atoms with Crippen LogP contribution in [0.1, 0.15) is 50.9 Å². The fourth-order valence-corrected chi connectivity index (χ4v) is 5.32. The number of primary amides is 1. The lowest BCUT2D eigenvalue weighted by atomic mass is 9.91. The summed E-state index contributed by atoms with van der Waals surface area (Å²) < 4.78 is 9.60. The summed E-state index contributed by atoms with van der Waals surface area (Å²) in [5, 5.41) is 22.8. The quantitative estimate of drug-likeness (QED) is 0.203. The SMILES string of the molecule is CCNC(=O)[C@H]1O[C@@H](n2cnc3c(NC4CCC(NC(N)=O)CC4)nc(NCCc4cn(C)cn4)nc32)C[C@@H]1O. The number of aliphatic hydroxyl groups is 1. The van der Waals surface area contributed by atoms with Crippen LogP contribution in [0.3, 0.4) is 0 Å². The predicted octanol–water partition coefficient (Wildman–Crippen LogP) is 0.390. The fraction of sp³-hybridized carbons (Fsp3) is 0.600. The van der Waals surface area contributed by atoms with Gasteiger partial charge in [0.25, 0.3) is 5.91 Å². The highest BCUT2D eigenvalue weighted by Gasteiger charge is 2.40. The molecule has 1 aliphatic carbocycles. The third-order valence-corrected chi connectivity index (χ3v) is 7.27. The number of carbonyl (C=O) groups is 2. The van der Waals surface area contributed by atoms with E-state index in [1.807, 2.05) is 24.7 Å². The number of nitrogens with one attached hydrogen (secondary N) is 4. The summed E-state index contributed by atoms with van der Waals surface area (Å²) in [6.07, 6.45) is 6.95. The molecule has 1 saturated heterocycles. The zero-order valence-electron chi connectivity index (χ0n) is 22.7. The maximum atomic E-state index is 12.4. The van der Waals surface area contributed by atoms with Gasteiger partial charge in [-0.05, 0) is 32.6 Å². The van der Waals surface area contributed by atoms with Gasteiger partial charge in [-0.3, -0.25) is 9.36 Å². The van der Waals surface area contributed by atoms with Gasteiger partial charge in [-0.1, -0.05) is 0 Å². The number of fused-ring (bicyclic) bond motifs is 1. The molecule has 0 bridgehead atoms. The van der Waals surface area contributed by atoms with E-state index in [0.29, 0.717) is 42.4 Å². The molecule has 2 fully saturated rings. The van der Waals surface area contributed by atoms with E-state index in [1.54, 1.807) is 17.2 Å². The summed E-state index contributed by atoms with van der Waals surface area (Å²) in [5.41, 5.74) is 7.32. The molecule has 3 atom stereocenters. The average Bonchev–Trinajstić information content (AvgIpc) is 3.63. The Morgan fingerprint density at radius 3 is 2.62 bits per heavy atom. The highest BCUT2D eigenvalue weighted by molar-refractivity contribution is 5.85. The van der Waals surface area contributed by atoms with Gasteiger partial charge in [0, 0.05) is 51.3 Å². The summed E-state index contributed by atoms with van der Waals surface area (Å²) in [7, 11) is 1.93. The number of hydrogen-bond donors (Lipinski definition) is 6. The molecule has 0 radical (unpaired) electrons. The van der Waals surface area contributed by atoms with Crippen LogP contribution in [0.25, 0.3) is 11.2 Å². The van der Waals surface area contributed by atoms with Crippen molar-refractivity contribution < 1.29 is 19.4 Å². The van der Waals surface area contributed by atoms with Crippen LogP contribution in [0.2, 0.25) is 0 Å². The molecule has 5 rings (SSSR count). The standard InChI is InChI=1S/C25H37N11O4/c1-3-27-23(38)20-17(37)10-18(40-20)36-13-30-19-21(31-14-4-6-15(7-5-14)32-24(26)39)33-25(34-22(19)36)28-9-8-16-11-35(2)12-29-16/h11-15,17-18,20,37H,3-10H2,1-2H3,(H,27,38)(H3,26,32,39)(H2,28,31,33,34)/t14?,15?,17-,18+,20-/m0/s1. The fourth-order valence-electron chi connectivity index (χ4n) is 5.32. The summed E-state index contributed by atoms with van der Waals surface area (Å²) in [6.45, 7) is 2.83. The van der Waals surface area contributed by atoms with Crippen molar-refractivity contribution in [3.8, 4) is 0 Å². The first-order valence-electron chi connectivity index (χ1n) is 13.7. The van der Waals surface area contributed by atoms with Crippen LogP contribution in [-0.4, -0.2) is 83.5 Å². The molecular formula is C25H37N11O4. The number of hydrogen-bond acceptors (Lipinski definition) is 10. The third kappa shape index (κ3) is 6.25. The Labute approximate surface area is 231 Å². The largest absolute Gasteiger partial charge is 0.390 e. The van der Waals surface area contributed by atoms with Crippen LogP contribution < -0.4 is 27.0 Å². The maximum absolute atomic E-state index is 12.4. The van der Waals surface area contributed by atoms with Crippen LogP contribution in [-0.2, 0) is 23.0 Å².